The quantitative estimate of drug-likeness (QED) is 0.789. The number of urea groups is 1. The van der Waals surface area contributed by atoms with Gasteiger partial charge < -0.3 is 15.3 Å². The second kappa shape index (κ2) is 5.59. The Labute approximate surface area is 109 Å². The Balaban J connectivity index is 2.47. The van der Waals surface area contributed by atoms with Gasteiger partial charge in [-0.3, -0.25) is 4.79 Å². The number of rotatable bonds is 5. The molecule has 1 saturated carbocycles. The van der Waals surface area contributed by atoms with E-state index in [1.165, 1.54) is 0 Å². The summed E-state index contributed by atoms with van der Waals surface area (Å²) in [4.78, 5) is 24.3. The molecule has 5 heteroatoms. The van der Waals surface area contributed by atoms with Gasteiger partial charge in [-0.1, -0.05) is 20.8 Å². The van der Waals surface area contributed by atoms with E-state index in [1.807, 2.05) is 0 Å². The van der Waals surface area contributed by atoms with Crippen LogP contribution in [0.3, 0.4) is 0 Å². The molecule has 0 aromatic heterocycles. The fourth-order valence-corrected chi connectivity index (χ4v) is 2.07. The minimum Gasteiger partial charge on any atom is -0.481 e. The standard InChI is InChI=1S/C13H24N2O3/c1-13(2,3)8-15(4)12(18)14-10(7-11(16)17)9-5-6-9/h9-10H,5-8H2,1-4H3,(H,14,18)(H,16,17). The van der Waals surface area contributed by atoms with E-state index in [1.54, 1.807) is 11.9 Å². The topological polar surface area (TPSA) is 69.6 Å². The van der Waals surface area contributed by atoms with Gasteiger partial charge in [0.2, 0.25) is 0 Å². The van der Waals surface area contributed by atoms with Crippen LogP contribution in [0.5, 0.6) is 0 Å². The smallest absolute Gasteiger partial charge is 0.317 e. The number of aliphatic carboxylic acids is 1. The maximum Gasteiger partial charge on any atom is 0.317 e. The number of nitrogens with zero attached hydrogens (tertiary/aromatic N) is 1. The van der Waals surface area contributed by atoms with E-state index in [2.05, 4.69) is 26.1 Å². The van der Waals surface area contributed by atoms with E-state index in [4.69, 9.17) is 5.11 Å². The average Bonchev–Trinajstić information content (AvgIpc) is 2.95. The third-order valence-corrected chi connectivity index (χ3v) is 2.95. The first-order valence-corrected chi connectivity index (χ1v) is 6.42. The van der Waals surface area contributed by atoms with E-state index in [0.717, 1.165) is 12.8 Å². The van der Waals surface area contributed by atoms with E-state index in [-0.39, 0.29) is 23.9 Å². The maximum atomic E-state index is 12.0. The number of hydrogen-bond donors (Lipinski definition) is 2. The van der Waals surface area contributed by atoms with Crippen molar-refractivity contribution in [2.24, 2.45) is 11.3 Å². The highest BCUT2D eigenvalue weighted by molar-refractivity contribution is 5.75. The molecule has 0 spiro atoms. The van der Waals surface area contributed by atoms with Gasteiger partial charge in [0.05, 0.1) is 6.42 Å². The van der Waals surface area contributed by atoms with Crippen LogP contribution in [-0.2, 0) is 4.79 Å². The number of carbonyl (C=O) groups is 2. The monoisotopic (exact) mass is 256 g/mol. The largest absolute Gasteiger partial charge is 0.481 e. The first kappa shape index (κ1) is 14.8. The highest BCUT2D eigenvalue weighted by Crippen LogP contribution is 2.34. The predicted octanol–water partition coefficient (Wildman–Crippen LogP) is 1.93. The minimum atomic E-state index is -0.856. The lowest BCUT2D eigenvalue weighted by Gasteiger charge is -2.28. The SMILES string of the molecule is CN(CC(C)(C)C)C(=O)NC(CC(=O)O)C1CC1. The second-order valence-electron chi connectivity index (χ2n) is 6.41. The number of carboxylic acid groups (broad SMARTS) is 1. The van der Waals surface area contributed by atoms with Crippen LogP contribution in [0.2, 0.25) is 0 Å². The van der Waals surface area contributed by atoms with Crippen molar-refractivity contribution in [3.05, 3.63) is 0 Å². The number of amides is 2. The lowest BCUT2D eigenvalue weighted by atomic mass is 9.96. The van der Waals surface area contributed by atoms with Gasteiger partial charge in [-0.2, -0.15) is 0 Å². The van der Waals surface area contributed by atoms with Crippen molar-refractivity contribution in [2.75, 3.05) is 13.6 Å². The molecule has 0 aliphatic heterocycles. The molecule has 0 saturated heterocycles. The molecule has 0 bridgehead atoms. The van der Waals surface area contributed by atoms with E-state index in [0.29, 0.717) is 12.5 Å². The molecule has 1 rings (SSSR count). The first-order valence-electron chi connectivity index (χ1n) is 6.42. The molecule has 1 fully saturated rings. The number of carboxylic acids is 1. The zero-order valence-electron chi connectivity index (χ0n) is 11.7. The molecule has 1 aliphatic rings. The van der Waals surface area contributed by atoms with Gasteiger partial charge in [-0.15, -0.1) is 0 Å². The van der Waals surface area contributed by atoms with Crippen molar-refractivity contribution >= 4 is 12.0 Å². The van der Waals surface area contributed by atoms with Crippen LogP contribution in [0.1, 0.15) is 40.0 Å². The van der Waals surface area contributed by atoms with Crippen molar-refractivity contribution in [2.45, 2.75) is 46.1 Å². The summed E-state index contributed by atoms with van der Waals surface area (Å²) in [6.45, 7) is 6.83. The molecule has 2 N–H and O–H groups in total. The van der Waals surface area contributed by atoms with Gasteiger partial charge in [0, 0.05) is 19.6 Å². The van der Waals surface area contributed by atoms with Crippen LogP contribution in [0, 0.1) is 11.3 Å². The van der Waals surface area contributed by atoms with Crippen LogP contribution in [0.15, 0.2) is 0 Å². The Bertz CT molecular complexity index is 319. The molecule has 0 aromatic rings. The zero-order valence-corrected chi connectivity index (χ0v) is 11.7. The highest BCUT2D eigenvalue weighted by Gasteiger charge is 2.34. The van der Waals surface area contributed by atoms with Gasteiger partial charge in [0.1, 0.15) is 0 Å². The van der Waals surface area contributed by atoms with Crippen molar-refractivity contribution in [3.63, 3.8) is 0 Å². The zero-order chi connectivity index (χ0) is 13.9. The summed E-state index contributed by atoms with van der Waals surface area (Å²) in [7, 11) is 1.74. The summed E-state index contributed by atoms with van der Waals surface area (Å²) in [5.74, 6) is -0.515. The summed E-state index contributed by atoms with van der Waals surface area (Å²) < 4.78 is 0. The van der Waals surface area contributed by atoms with Crippen LogP contribution in [-0.4, -0.2) is 41.6 Å². The van der Waals surface area contributed by atoms with E-state index in [9.17, 15) is 9.59 Å². The fraction of sp³-hybridized carbons (Fsp3) is 0.846. The van der Waals surface area contributed by atoms with Crippen molar-refractivity contribution in [1.29, 1.82) is 0 Å². The summed E-state index contributed by atoms with van der Waals surface area (Å²) in [6, 6.07) is -0.402. The molecule has 5 nitrogen and oxygen atoms in total. The molecule has 1 unspecified atom stereocenters. The van der Waals surface area contributed by atoms with Crippen molar-refractivity contribution in [3.8, 4) is 0 Å². The minimum absolute atomic E-state index is 0.0137. The van der Waals surface area contributed by atoms with E-state index >= 15 is 0 Å². The Morgan fingerprint density at radius 2 is 1.94 bits per heavy atom. The van der Waals surface area contributed by atoms with Gasteiger partial charge >= 0.3 is 12.0 Å². The van der Waals surface area contributed by atoms with Crippen LogP contribution < -0.4 is 5.32 Å². The first-order chi connectivity index (χ1) is 8.19. The normalized spacial score (nSPS) is 17.1. The lowest BCUT2D eigenvalue weighted by molar-refractivity contribution is -0.137. The van der Waals surface area contributed by atoms with Crippen molar-refractivity contribution < 1.29 is 14.7 Å². The molecule has 1 atom stereocenters. The molecule has 0 radical (unpaired) electrons. The summed E-state index contributed by atoms with van der Waals surface area (Å²) in [6.07, 6.45) is 2.04. The van der Waals surface area contributed by atoms with Crippen LogP contribution in [0.25, 0.3) is 0 Å². The molecule has 0 heterocycles. The van der Waals surface area contributed by atoms with Crippen molar-refractivity contribution in [1.82, 2.24) is 10.2 Å². The van der Waals surface area contributed by atoms with Gasteiger partial charge in [0.25, 0.3) is 0 Å². The molecular weight excluding hydrogens is 232 g/mol. The Hall–Kier alpha value is -1.26. The van der Waals surface area contributed by atoms with E-state index < -0.39 is 5.97 Å². The van der Waals surface area contributed by atoms with Gasteiger partial charge in [-0.05, 0) is 24.2 Å². The molecule has 2 amide bonds. The molecule has 104 valence electrons. The van der Waals surface area contributed by atoms with Crippen LogP contribution >= 0.6 is 0 Å². The number of carbonyl (C=O) groups excluding carboxylic acids is 1. The highest BCUT2D eigenvalue weighted by atomic mass is 16.4. The molecular formula is C13H24N2O3. The summed E-state index contributed by atoms with van der Waals surface area (Å²) in [5, 5.41) is 11.7. The molecule has 18 heavy (non-hydrogen) atoms. The van der Waals surface area contributed by atoms with Gasteiger partial charge in [-0.25, -0.2) is 4.79 Å². The number of nitrogens with one attached hydrogen (secondary N) is 1. The maximum absolute atomic E-state index is 12.0. The Kier molecular flexibility index (Phi) is 4.59. The average molecular weight is 256 g/mol. The second-order valence-corrected chi connectivity index (χ2v) is 6.41. The number of hydrogen-bond acceptors (Lipinski definition) is 2. The third-order valence-electron chi connectivity index (χ3n) is 2.95. The van der Waals surface area contributed by atoms with Gasteiger partial charge in [0.15, 0.2) is 0 Å². The summed E-state index contributed by atoms with van der Waals surface area (Å²) in [5.41, 5.74) is 0.0357. The Morgan fingerprint density at radius 3 is 2.33 bits per heavy atom. The molecule has 0 aromatic carbocycles. The summed E-state index contributed by atoms with van der Waals surface area (Å²) >= 11 is 0. The molecule has 1 aliphatic carbocycles. The fourth-order valence-electron chi connectivity index (χ4n) is 2.07. The predicted molar refractivity (Wildman–Crippen MR) is 69.4 cm³/mol. The van der Waals surface area contributed by atoms with Crippen LogP contribution in [0.4, 0.5) is 4.79 Å². The lowest BCUT2D eigenvalue weighted by Crippen LogP contribution is -2.47. The third kappa shape index (κ3) is 5.38. The Morgan fingerprint density at radius 1 is 1.39 bits per heavy atom.